The van der Waals surface area contributed by atoms with Crippen molar-refractivity contribution in [3.8, 4) is 0 Å². The van der Waals surface area contributed by atoms with Gasteiger partial charge < -0.3 is 4.90 Å². The Morgan fingerprint density at radius 3 is 2.68 bits per heavy atom. The Morgan fingerprint density at radius 1 is 1.37 bits per heavy atom. The fraction of sp³-hybridized carbons (Fsp3) is 0.222. The van der Waals surface area contributed by atoms with E-state index in [1.165, 1.54) is 17.0 Å². The number of imidazole rings is 1. The molecule has 0 atom stereocenters. The lowest BCUT2D eigenvalue weighted by atomic mass is 10.6. The average molecular weight is 322 g/mol. The summed E-state index contributed by atoms with van der Waals surface area (Å²) in [6.07, 6.45) is 1.15. The van der Waals surface area contributed by atoms with Crippen molar-refractivity contribution in [2.45, 2.75) is 5.03 Å². The van der Waals surface area contributed by atoms with Crippen molar-refractivity contribution in [1.82, 2.24) is 19.5 Å². The van der Waals surface area contributed by atoms with E-state index in [4.69, 9.17) is 23.2 Å². The first-order valence-electron chi connectivity index (χ1n) is 4.99. The summed E-state index contributed by atoms with van der Waals surface area (Å²) in [6, 6.07) is 3.00. The van der Waals surface area contributed by atoms with Crippen molar-refractivity contribution in [1.29, 1.82) is 0 Å². The van der Waals surface area contributed by atoms with E-state index >= 15 is 0 Å². The highest BCUT2D eigenvalue weighted by molar-refractivity contribution is 7.90. The molecule has 0 saturated heterocycles. The molecule has 0 aliphatic heterocycles. The molecular formula is C9H9Cl2N5O2S. The van der Waals surface area contributed by atoms with E-state index in [0.29, 0.717) is 0 Å². The third-order valence-electron chi connectivity index (χ3n) is 2.03. The molecule has 10 heteroatoms. The minimum atomic E-state index is -4.01. The van der Waals surface area contributed by atoms with Crippen molar-refractivity contribution in [2.24, 2.45) is 4.40 Å². The van der Waals surface area contributed by atoms with Gasteiger partial charge in [-0.2, -0.15) is 18.0 Å². The lowest BCUT2D eigenvalue weighted by Crippen LogP contribution is -2.11. The van der Waals surface area contributed by atoms with E-state index in [2.05, 4.69) is 14.5 Å². The molecule has 2 aromatic heterocycles. The van der Waals surface area contributed by atoms with Gasteiger partial charge in [-0.15, -0.1) is 4.40 Å². The molecule has 0 N–H and O–H groups in total. The molecule has 2 heterocycles. The van der Waals surface area contributed by atoms with E-state index in [1.54, 1.807) is 14.1 Å². The van der Waals surface area contributed by atoms with Gasteiger partial charge in [-0.05, 0) is 12.1 Å². The number of rotatable bonds is 3. The Kier molecular flexibility index (Phi) is 3.66. The summed E-state index contributed by atoms with van der Waals surface area (Å²) in [7, 11) is -0.725. The summed E-state index contributed by atoms with van der Waals surface area (Å²) in [5.41, 5.74) is 0.271. The summed E-state index contributed by atoms with van der Waals surface area (Å²) < 4.78 is 28.7. The van der Waals surface area contributed by atoms with Gasteiger partial charge in [0.2, 0.25) is 5.03 Å². The minimum absolute atomic E-state index is 0.120. The zero-order valence-electron chi connectivity index (χ0n) is 9.95. The Morgan fingerprint density at radius 2 is 2.05 bits per heavy atom. The molecule has 0 bridgehead atoms. The predicted octanol–water partition coefficient (Wildman–Crippen LogP) is 1.31. The Labute approximate surface area is 119 Å². The van der Waals surface area contributed by atoms with Crippen LogP contribution in [0.2, 0.25) is 10.3 Å². The number of sulfonamides is 1. The molecule has 0 fully saturated rings. The summed E-state index contributed by atoms with van der Waals surface area (Å²) >= 11 is 11.6. The molecule has 0 unspecified atom stereocenters. The normalized spacial score (nSPS) is 12.4. The standard InChI is InChI=1S/C9H9Cl2N5O2S/c1-15(2)5-12-19(17,18)9-8(11)13-7-4-3-6(10)14-16(7)9/h3-5H,1-2H3/b12-5-. The summed E-state index contributed by atoms with van der Waals surface area (Å²) in [4.78, 5) is 5.37. The van der Waals surface area contributed by atoms with Gasteiger partial charge in [0, 0.05) is 14.1 Å². The quantitative estimate of drug-likeness (QED) is 0.629. The van der Waals surface area contributed by atoms with Crippen LogP contribution in [0.4, 0.5) is 0 Å². The number of aromatic nitrogens is 3. The monoisotopic (exact) mass is 321 g/mol. The lowest BCUT2D eigenvalue weighted by Gasteiger charge is -2.03. The van der Waals surface area contributed by atoms with Crippen molar-refractivity contribution in [3.63, 3.8) is 0 Å². The number of halogens is 2. The zero-order chi connectivity index (χ0) is 14.2. The average Bonchev–Trinajstić information content (AvgIpc) is 2.62. The molecular weight excluding hydrogens is 313 g/mol. The van der Waals surface area contributed by atoms with Crippen molar-refractivity contribution in [3.05, 3.63) is 22.4 Å². The van der Waals surface area contributed by atoms with Gasteiger partial charge in [-0.1, -0.05) is 23.2 Å². The van der Waals surface area contributed by atoms with Crippen LogP contribution >= 0.6 is 23.2 Å². The highest BCUT2D eigenvalue weighted by Crippen LogP contribution is 2.24. The van der Waals surface area contributed by atoms with Crippen LogP contribution in [-0.4, -0.2) is 48.3 Å². The maximum atomic E-state index is 12.1. The largest absolute Gasteiger partial charge is 0.368 e. The van der Waals surface area contributed by atoms with Crippen LogP contribution in [-0.2, 0) is 10.0 Å². The lowest BCUT2D eigenvalue weighted by molar-refractivity contribution is 0.587. The molecule has 0 spiro atoms. The first-order valence-corrected chi connectivity index (χ1v) is 7.18. The molecule has 0 amide bonds. The van der Waals surface area contributed by atoms with Gasteiger partial charge in [-0.3, -0.25) is 0 Å². The molecule has 0 aliphatic rings. The van der Waals surface area contributed by atoms with E-state index in [1.807, 2.05) is 0 Å². The first kappa shape index (κ1) is 14.0. The number of hydrogen-bond acceptors (Lipinski definition) is 4. The molecule has 2 aromatic rings. The fourth-order valence-electron chi connectivity index (χ4n) is 1.29. The topological polar surface area (TPSA) is 79.9 Å². The van der Waals surface area contributed by atoms with E-state index < -0.39 is 10.0 Å². The number of hydrogen-bond donors (Lipinski definition) is 0. The van der Waals surface area contributed by atoms with Crippen molar-refractivity contribution >= 4 is 45.2 Å². The van der Waals surface area contributed by atoms with Crippen LogP contribution in [0, 0.1) is 0 Å². The highest BCUT2D eigenvalue weighted by atomic mass is 35.5. The second-order valence-corrected chi connectivity index (χ2v) is 6.09. The molecule has 102 valence electrons. The molecule has 0 saturated carbocycles. The Balaban J connectivity index is 2.68. The fourth-order valence-corrected chi connectivity index (χ4v) is 2.91. The van der Waals surface area contributed by atoms with Crippen LogP contribution in [0.15, 0.2) is 21.6 Å². The van der Waals surface area contributed by atoms with Crippen LogP contribution in [0.25, 0.3) is 5.65 Å². The first-order chi connectivity index (χ1) is 8.81. The molecule has 19 heavy (non-hydrogen) atoms. The predicted molar refractivity (Wildman–Crippen MR) is 72.4 cm³/mol. The smallest absolute Gasteiger partial charge is 0.304 e. The summed E-state index contributed by atoms with van der Waals surface area (Å²) in [5, 5.41) is 3.46. The molecule has 0 aliphatic carbocycles. The van der Waals surface area contributed by atoms with Gasteiger partial charge in [0.05, 0.1) is 0 Å². The zero-order valence-corrected chi connectivity index (χ0v) is 12.3. The number of fused-ring (bicyclic) bond motifs is 1. The van der Waals surface area contributed by atoms with Gasteiger partial charge in [0.15, 0.2) is 10.8 Å². The van der Waals surface area contributed by atoms with Crippen molar-refractivity contribution < 1.29 is 8.42 Å². The van der Waals surface area contributed by atoms with Crippen LogP contribution < -0.4 is 0 Å². The maximum Gasteiger partial charge on any atom is 0.304 e. The van der Waals surface area contributed by atoms with Crippen LogP contribution in [0.1, 0.15) is 0 Å². The van der Waals surface area contributed by atoms with Gasteiger partial charge in [-0.25, -0.2) is 4.98 Å². The van der Waals surface area contributed by atoms with E-state index in [-0.39, 0.29) is 21.0 Å². The minimum Gasteiger partial charge on any atom is -0.368 e. The van der Waals surface area contributed by atoms with Crippen molar-refractivity contribution in [2.75, 3.05) is 14.1 Å². The third kappa shape index (κ3) is 2.80. The highest BCUT2D eigenvalue weighted by Gasteiger charge is 2.24. The molecule has 7 nitrogen and oxygen atoms in total. The van der Waals surface area contributed by atoms with Gasteiger partial charge in [0.1, 0.15) is 11.5 Å². The summed E-state index contributed by atoms with van der Waals surface area (Å²) in [5.74, 6) is 0. The molecule has 0 aromatic carbocycles. The molecule has 0 radical (unpaired) electrons. The third-order valence-corrected chi connectivity index (χ3v) is 3.83. The van der Waals surface area contributed by atoms with Crippen LogP contribution in [0.3, 0.4) is 0 Å². The molecule has 2 rings (SSSR count). The second kappa shape index (κ2) is 4.95. The maximum absolute atomic E-state index is 12.1. The van der Waals surface area contributed by atoms with Crippen LogP contribution in [0.5, 0.6) is 0 Å². The Bertz CT molecular complexity index is 753. The van der Waals surface area contributed by atoms with E-state index in [0.717, 1.165) is 10.9 Å². The summed E-state index contributed by atoms with van der Waals surface area (Å²) in [6.45, 7) is 0. The van der Waals surface area contributed by atoms with Gasteiger partial charge in [0.25, 0.3) is 0 Å². The SMILES string of the molecule is CN(C)/C=N\S(=O)(=O)c1c(Cl)nc2ccc(Cl)nn12. The Hall–Kier alpha value is -1.38. The number of nitrogens with zero attached hydrogens (tertiary/aromatic N) is 5. The second-order valence-electron chi connectivity index (χ2n) is 3.79. The van der Waals surface area contributed by atoms with Gasteiger partial charge >= 0.3 is 10.0 Å². The van der Waals surface area contributed by atoms with E-state index in [9.17, 15) is 8.42 Å².